The number of halogens is 1. The quantitative estimate of drug-likeness (QED) is 0.387. The lowest BCUT2D eigenvalue weighted by molar-refractivity contribution is 0.881. The van der Waals surface area contributed by atoms with Crippen LogP contribution in [0.5, 0.6) is 0 Å². The Bertz CT molecular complexity index is 1360. The first kappa shape index (κ1) is 19.0. The first-order valence-electron chi connectivity index (χ1n) is 9.56. The van der Waals surface area contributed by atoms with E-state index in [4.69, 9.17) is 11.6 Å². The van der Waals surface area contributed by atoms with Gasteiger partial charge in [0.05, 0.1) is 16.7 Å². The number of H-pyrrole nitrogens is 2. The van der Waals surface area contributed by atoms with Crippen LogP contribution < -0.4 is 5.56 Å². The normalized spacial score (nSPS) is 10.9. The number of nitrogens with one attached hydrogen (secondary N) is 2. The van der Waals surface area contributed by atoms with Gasteiger partial charge in [-0.15, -0.1) is 0 Å². The van der Waals surface area contributed by atoms with Crippen molar-refractivity contribution in [3.63, 3.8) is 0 Å². The second kappa shape index (κ2) is 7.60. The number of benzene rings is 2. The lowest BCUT2D eigenvalue weighted by Crippen LogP contribution is -2.11. The fraction of sp³-hybridized carbons (Fsp3) is 0.130. The highest BCUT2D eigenvalue weighted by Gasteiger charge is 2.16. The Morgan fingerprint density at radius 3 is 2.59 bits per heavy atom. The van der Waals surface area contributed by atoms with Crippen LogP contribution in [0.25, 0.3) is 38.8 Å². The smallest absolute Gasteiger partial charge is 0.252 e. The van der Waals surface area contributed by atoms with E-state index in [-0.39, 0.29) is 5.56 Å². The predicted octanol–water partition coefficient (Wildman–Crippen LogP) is 5.85. The summed E-state index contributed by atoms with van der Waals surface area (Å²) < 4.78 is 1.80. The SMILES string of the molecule is CC.Cc1c(-c2cccc(-n3cccn3)c2)c2[nH]c3ccc(Cl)cc3c2[nH]c1=O. The summed E-state index contributed by atoms with van der Waals surface area (Å²) in [4.78, 5) is 19.1. The molecule has 0 spiro atoms. The van der Waals surface area contributed by atoms with E-state index in [0.29, 0.717) is 10.6 Å². The van der Waals surface area contributed by atoms with E-state index < -0.39 is 0 Å². The van der Waals surface area contributed by atoms with Gasteiger partial charge in [0.2, 0.25) is 0 Å². The van der Waals surface area contributed by atoms with Crippen LogP contribution in [0.2, 0.25) is 5.02 Å². The van der Waals surface area contributed by atoms with Crippen LogP contribution in [0.4, 0.5) is 0 Å². The summed E-state index contributed by atoms with van der Waals surface area (Å²) in [6.45, 7) is 5.84. The van der Waals surface area contributed by atoms with Gasteiger partial charge in [-0.2, -0.15) is 5.10 Å². The third-order valence-corrected chi connectivity index (χ3v) is 5.10. The number of nitrogens with zero attached hydrogens (tertiary/aromatic N) is 2. The van der Waals surface area contributed by atoms with Crippen molar-refractivity contribution >= 4 is 33.5 Å². The molecule has 0 aliphatic rings. The molecule has 2 N–H and O–H groups in total. The molecular formula is C23H21ClN4O. The summed E-state index contributed by atoms with van der Waals surface area (Å²) in [6, 6.07) is 15.5. The first-order valence-corrected chi connectivity index (χ1v) is 9.94. The Labute approximate surface area is 173 Å². The minimum atomic E-state index is -0.108. The molecule has 0 radical (unpaired) electrons. The fourth-order valence-corrected chi connectivity index (χ4v) is 3.75. The van der Waals surface area contributed by atoms with Gasteiger partial charge in [0.15, 0.2) is 0 Å². The number of aromatic nitrogens is 4. The third kappa shape index (κ3) is 3.23. The highest BCUT2D eigenvalue weighted by molar-refractivity contribution is 6.31. The Kier molecular flexibility index (Phi) is 4.99. The molecule has 3 heterocycles. The summed E-state index contributed by atoms with van der Waals surface area (Å²) in [5.41, 5.74) is 5.92. The molecule has 0 saturated carbocycles. The maximum Gasteiger partial charge on any atom is 0.252 e. The Hall–Kier alpha value is -3.31. The van der Waals surface area contributed by atoms with Crippen molar-refractivity contribution in [3.05, 3.63) is 81.9 Å². The van der Waals surface area contributed by atoms with Crippen LogP contribution in [0.1, 0.15) is 19.4 Å². The molecule has 5 aromatic rings. The first-order chi connectivity index (χ1) is 14.1. The lowest BCUT2D eigenvalue weighted by Gasteiger charge is -2.10. The van der Waals surface area contributed by atoms with Crippen LogP contribution >= 0.6 is 11.6 Å². The zero-order chi connectivity index (χ0) is 20.5. The molecule has 3 aromatic heterocycles. The van der Waals surface area contributed by atoms with Gasteiger partial charge in [0.25, 0.3) is 5.56 Å². The van der Waals surface area contributed by atoms with Crippen molar-refractivity contribution in [1.82, 2.24) is 19.7 Å². The van der Waals surface area contributed by atoms with E-state index in [1.54, 1.807) is 10.9 Å². The molecule has 0 aliphatic heterocycles. The molecule has 0 aliphatic carbocycles. The highest BCUT2D eigenvalue weighted by Crippen LogP contribution is 2.34. The van der Waals surface area contributed by atoms with Gasteiger partial charge in [-0.05, 0) is 48.9 Å². The molecule has 5 nitrogen and oxygen atoms in total. The van der Waals surface area contributed by atoms with Crippen molar-refractivity contribution in [2.24, 2.45) is 0 Å². The monoisotopic (exact) mass is 404 g/mol. The van der Waals surface area contributed by atoms with E-state index in [9.17, 15) is 4.79 Å². The zero-order valence-electron chi connectivity index (χ0n) is 16.5. The van der Waals surface area contributed by atoms with Crippen LogP contribution in [0.3, 0.4) is 0 Å². The Balaban J connectivity index is 0.000000994. The molecule has 2 aromatic carbocycles. The molecule has 0 bridgehead atoms. The van der Waals surface area contributed by atoms with Crippen LogP contribution in [0, 0.1) is 6.92 Å². The number of pyridine rings is 1. The zero-order valence-corrected chi connectivity index (χ0v) is 17.2. The largest absolute Gasteiger partial charge is 0.353 e. The van der Waals surface area contributed by atoms with E-state index in [1.807, 2.05) is 75.5 Å². The van der Waals surface area contributed by atoms with E-state index in [0.717, 1.165) is 38.8 Å². The van der Waals surface area contributed by atoms with Crippen LogP contribution in [0.15, 0.2) is 65.7 Å². The van der Waals surface area contributed by atoms with Crippen molar-refractivity contribution in [2.75, 3.05) is 0 Å². The van der Waals surface area contributed by atoms with Crippen molar-refractivity contribution in [2.45, 2.75) is 20.8 Å². The van der Waals surface area contributed by atoms with E-state index >= 15 is 0 Å². The third-order valence-electron chi connectivity index (χ3n) is 4.87. The minimum absolute atomic E-state index is 0.108. The second-order valence-corrected chi connectivity index (χ2v) is 6.96. The molecule has 5 rings (SSSR count). The van der Waals surface area contributed by atoms with Gasteiger partial charge < -0.3 is 9.97 Å². The summed E-state index contributed by atoms with van der Waals surface area (Å²) >= 11 is 6.17. The van der Waals surface area contributed by atoms with Crippen molar-refractivity contribution in [1.29, 1.82) is 0 Å². The van der Waals surface area contributed by atoms with Gasteiger partial charge >= 0.3 is 0 Å². The minimum Gasteiger partial charge on any atom is -0.353 e. The number of fused-ring (bicyclic) bond motifs is 3. The summed E-state index contributed by atoms with van der Waals surface area (Å²) in [5.74, 6) is 0. The number of aromatic amines is 2. The molecule has 29 heavy (non-hydrogen) atoms. The predicted molar refractivity (Wildman–Crippen MR) is 120 cm³/mol. The van der Waals surface area contributed by atoms with Gasteiger partial charge in [-0.1, -0.05) is 37.6 Å². The van der Waals surface area contributed by atoms with Gasteiger partial charge in [0.1, 0.15) is 0 Å². The summed E-state index contributed by atoms with van der Waals surface area (Å²) in [5, 5.41) is 5.83. The van der Waals surface area contributed by atoms with Gasteiger partial charge in [-0.3, -0.25) is 4.79 Å². The lowest BCUT2D eigenvalue weighted by atomic mass is 10.00. The molecule has 146 valence electrons. The number of hydrogen-bond donors (Lipinski definition) is 2. The summed E-state index contributed by atoms with van der Waals surface area (Å²) in [7, 11) is 0. The topological polar surface area (TPSA) is 66.5 Å². The highest BCUT2D eigenvalue weighted by atomic mass is 35.5. The average Bonchev–Trinajstić information content (AvgIpc) is 3.39. The molecule has 0 saturated heterocycles. The summed E-state index contributed by atoms with van der Waals surface area (Å²) in [6.07, 6.45) is 3.63. The average molecular weight is 405 g/mol. The number of rotatable bonds is 2. The maximum atomic E-state index is 12.6. The van der Waals surface area contributed by atoms with E-state index in [2.05, 4.69) is 15.1 Å². The molecule has 0 fully saturated rings. The maximum absolute atomic E-state index is 12.6. The molecule has 0 atom stereocenters. The Morgan fingerprint density at radius 1 is 1.00 bits per heavy atom. The molecule has 6 heteroatoms. The standard InChI is InChI=1S/C21H15ClN4O.C2H6/c1-12-18(13-4-2-5-15(10-13)26-9-3-8-23-26)20-19(25-21(12)27)16-11-14(22)6-7-17(16)24-20;1-2/h2-11,24H,1H3,(H,25,27);1-2H3. The second-order valence-electron chi connectivity index (χ2n) is 6.52. The Morgan fingerprint density at radius 2 is 1.83 bits per heavy atom. The van der Waals surface area contributed by atoms with Gasteiger partial charge in [-0.25, -0.2) is 4.68 Å². The molecule has 0 amide bonds. The van der Waals surface area contributed by atoms with Crippen LogP contribution in [-0.4, -0.2) is 19.7 Å². The van der Waals surface area contributed by atoms with Crippen molar-refractivity contribution in [3.8, 4) is 16.8 Å². The van der Waals surface area contributed by atoms with E-state index in [1.165, 1.54) is 0 Å². The molecular weight excluding hydrogens is 384 g/mol. The number of hydrogen-bond acceptors (Lipinski definition) is 2. The van der Waals surface area contributed by atoms with Crippen molar-refractivity contribution < 1.29 is 0 Å². The molecule has 0 unspecified atom stereocenters. The van der Waals surface area contributed by atoms with Gasteiger partial charge in [0, 0.05) is 39.4 Å². The fourth-order valence-electron chi connectivity index (χ4n) is 3.58. The van der Waals surface area contributed by atoms with Crippen LogP contribution in [-0.2, 0) is 0 Å².